The lowest BCUT2D eigenvalue weighted by Gasteiger charge is -2.21. The molecule has 0 unspecified atom stereocenters. The van der Waals surface area contributed by atoms with E-state index in [4.69, 9.17) is 9.97 Å². The highest BCUT2D eigenvalue weighted by atomic mass is 28.3. The summed E-state index contributed by atoms with van der Waals surface area (Å²) < 4.78 is 5.06. The van der Waals surface area contributed by atoms with Crippen molar-refractivity contribution < 1.29 is 0 Å². The first-order valence-corrected chi connectivity index (χ1v) is 42.5. The van der Waals surface area contributed by atoms with Crippen LogP contribution in [0.1, 0.15) is 0 Å². The van der Waals surface area contributed by atoms with Crippen LogP contribution >= 0.6 is 0 Å². The third-order valence-corrected chi connectivity index (χ3v) is 25.0. The minimum absolute atomic E-state index is 0.943. The van der Waals surface area contributed by atoms with E-state index in [0.717, 1.165) is 61.4 Å². The maximum Gasteiger partial charge on any atom is 0.0776 e. The topological polar surface area (TPSA) is 35.6 Å². The molecule has 0 N–H and O–H groups in total. The normalized spacial score (nSPS) is 12.8. The Morgan fingerprint density at radius 2 is 0.688 bits per heavy atom. The monoisotopic (exact) mass is 1100 g/mol. The molecule has 0 saturated carbocycles. The van der Waals surface area contributed by atoms with E-state index in [1.54, 1.807) is 0 Å². The molecule has 80 heavy (non-hydrogen) atoms. The van der Waals surface area contributed by atoms with E-state index in [9.17, 15) is 0 Å². The van der Waals surface area contributed by atoms with Crippen LogP contribution in [0.15, 0.2) is 207 Å². The molecule has 0 spiro atoms. The zero-order valence-electron chi connectivity index (χ0n) is 48.4. The Morgan fingerprint density at radius 3 is 1.10 bits per heavy atom. The van der Waals surface area contributed by atoms with Crippen molar-refractivity contribution in [3.8, 4) is 56.1 Å². The van der Waals surface area contributed by atoms with Gasteiger partial charge in [-0.1, -0.05) is 227 Å². The lowest BCUT2D eigenvalue weighted by molar-refractivity contribution is 1.18. The number of nitrogens with zero attached hydrogens (tertiary/aromatic N) is 4. The molecule has 394 valence electrons. The van der Waals surface area contributed by atoms with Crippen LogP contribution in [-0.4, -0.2) is 51.4 Å². The first-order chi connectivity index (χ1) is 38.2. The average Bonchev–Trinajstić information content (AvgIpc) is 4.03. The minimum Gasteiger partial charge on any atom is -0.309 e. The summed E-state index contributed by atoms with van der Waals surface area (Å²) in [7, 11) is -6.52. The number of hydrogen-bond donors (Lipinski definition) is 0. The molecule has 0 amide bonds. The van der Waals surface area contributed by atoms with Gasteiger partial charge < -0.3 is 9.13 Å². The Balaban J connectivity index is 1.13. The first kappa shape index (κ1) is 51.7. The van der Waals surface area contributed by atoms with Gasteiger partial charge in [0.15, 0.2) is 0 Å². The summed E-state index contributed by atoms with van der Waals surface area (Å²) in [6.07, 6.45) is 3.94. The Bertz CT molecular complexity index is 4150. The smallest absolute Gasteiger partial charge is 0.0776 e. The second-order valence-electron chi connectivity index (χ2n) is 26.4. The highest BCUT2D eigenvalue weighted by Crippen LogP contribution is 2.47. The lowest BCUT2D eigenvalue weighted by atomic mass is 9.86. The molecule has 0 atom stereocenters. The predicted molar refractivity (Wildman–Crippen MR) is 359 cm³/mol. The fourth-order valence-electron chi connectivity index (χ4n) is 12.2. The summed E-state index contributed by atoms with van der Waals surface area (Å²) >= 11 is 0. The quantitative estimate of drug-likeness (QED) is 0.101. The van der Waals surface area contributed by atoms with Gasteiger partial charge in [0.2, 0.25) is 0 Å². The van der Waals surface area contributed by atoms with Crippen molar-refractivity contribution in [1.82, 2.24) is 19.1 Å². The van der Waals surface area contributed by atoms with E-state index in [0.29, 0.717) is 0 Å². The van der Waals surface area contributed by atoms with Crippen LogP contribution in [0.3, 0.4) is 0 Å². The number of benzene rings is 9. The summed E-state index contributed by atoms with van der Waals surface area (Å²) in [5.41, 5.74) is 15.9. The van der Waals surface area contributed by atoms with Gasteiger partial charge in [0.05, 0.1) is 65.8 Å². The molecule has 0 aliphatic carbocycles. The molecular weight excluding hydrogens is 1030 g/mol. The number of aromatic nitrogens is 4. The zero-order chi connectivity index (χ0) is 55.6. The molecule has 0 bridgehead atoms. The van der Waals surface area contributed by atoms with E-state index >= 15 is 0 Å². The largest absolute Gasteiger partial charge is 0.309 e. The third-order valence-electron chi connectivity index (χ3n) is 16.9. The van der Waals surface area contributed by atoms with Crippen molar-refractivity contribution in [1.29, 1.82) is 0 Å². The van der Waals surface area contributed by atoms with Gasteiger partial charge in [-0.25, -0.2) is 0 Å². The van der Waals surface area contributed by atoms with Crippen molar-refractivity contribution in [3.63, 3.8) is 0 Å². The standard InChI is InChI=1S/C72H70N4Si4/c1-77(2,3)53-28-35-67-59(42-53)60-43-54(78(4,5)6)29-36-68(60)75(67)51-27-33-58-63(40-51)71(49-23-21-48(22-24-49)65-20-16-17-39-73-65)57-32-26-52(41-64(57)72(58)66-34-25-50(46-74-66)47-18-14-13-15-19-47)76-69-37-30-55(79(7,8)9)44-61(69)62-45-56(80(10,11)12)31-38-70(62)76/h13-46H,1-12H3. The molecule has 0 saturated heterocycles. The highest BCUT2D eigenvalue weighted by Gasteiger charge is 2.27. The zero-order valence-corrected chi connectivity index (χ0v) is 52.4. The maximum atomic E-state index is 5.44. The second-order valence-corrected chi connectivity index (χ2v) is 46.7. The molecule has 0 aliphatic heterocycles. The van der Waals surface area contributed by atoms with Crippen LogP contribution in [0.4, 0.5) is 0 Å². The number of rotatable bonds is 10. The van der Waals surface area contributed by atoms with Crippen LogP contribution in [-0.2, 0) is 0 Å². The highest BCUT2D eigenvalue weighted by molar-refractivity contribution is 6.90. The Hall–Kier alpha value is -7.73. The van der Waals surface area contributed by atoms with Gasteiger partial charge in [-0.15, -0.1) is 0 Å². The fraction of sp³-hybridized carbons (Fsp3) is 0.167. The summed E-state index contributed by atoms with van der Waals surface area (Å²) in [6.45, 7) is 29.5. The molecule has 8 heteroatoms. The molecule has 0 fully saturated rings. The average molecular weight is 1100 g/mol. The van der Waals surface area contributed by atoms with Crippen LogP contribution in [0.2, 0.25) is 78.6 Å². The summed E-state index contributed by atoms with van der Waals surface area (Å²) in [4.78, 5) is 10.2. The molecule has 4 aromatic heterocycles. The SMILES string of the molecule is C[Si](C)(C)c1ccc2c(c1)c1cc([Si](C)(C)C)ccc1n2-c1ccc2c(-c3ccc(-c4ccccc4)cn3)c3cc(-n4c5ccc([Si](C)(C)C)cc5c5cc([Si](C)(C)C)ccc54)ccc3c(-c3ccc(-c4ccccn4)cc3)c2c1. The van der Waals surface area contributed by atoms with Crippen molar-refractivity contribution in [2.24, 2.45) is 0 Å². The van der Waals surface area contributed by atoms with Crippen LogP contribution in [0.25, 0.3) is 121 Å². The predicted octanol–water partition coefficient (Wildman–Crippen LogP) is 17.8. The van der Waals surface area contributed by atoms with Crippen LogP contribution in [0.5, 0.6) is 0 Å². The Morgan fingerprint density at radius 1 is 0.275 bits per heavy atom. The Kier molecular flexibility index (Phi) is 12.2. The fourth-order valence-corrected chi connectivity index (χ4v) is 16.9. The van der Waals surface area contributed by atoms with E-state index in [1.165, 1.54) is 80.7 Å². The van der Waals surface area contributed by atoms with E-state index < -0.39 is 32.3 Å². The van der Waals surface area contributed by atoms with E-state index in [2.05, 4.69) is 282 Å². The summed E-state index contributed by atoms with van der Waals surface area (Å²) in [6, 6.07) is 74.1. The van der Waals surface area contributed by atoms with Crippen molar-refractivity contribution >= 4 is 118 Å². The number of pyridine rings is 2. The lowest BCUT2D eigenvalue weighted by Crippen LogP contribution is -2.37. The summed E-state index contributed by atoms with van der Waals surface area (Å²) in [5, 5.41) is 15.9. The molecule has 0 radical (unpaired) electrons. The number of fused-ring (bicyclic) bond motifs is 8. The third kappa shape index (κ3) is 8.93. The van der Waals surface area contributed by atoms with Gasteiger partial charge in [-0.3, -0.25) is 9.97 Å². The molecule has 4 heterocycles. The first-order valence-electron chi connectivity index (χ1n) is 28.5. The van der Waals surface area contributed by atoms with Gasteiger partial charge >= 0.3 is 0 Å². The van der Waals surface area contributed by atoms with E-state index in [1.807, 2.05) is 12.3 Å². The molecular formula is C72H70N4Si4. The van der Waals surface area contributed by atoms with Crippen LogP contribution in [0, 0.1) is 0 Å². The second kappa shape index (κ2) is 19.0. The molecule has 13 aromatic rings. The number of hydrogen-bond acceptors (Lipinski definition) is 2. The molecule has 4 nitrogen and oxygen atoms in total. The van der Waals surface area contributed by atoms with Crippen molar-refractivity contribution in [2.45, 2.75) is 78.6 Å². The van der Waals surface area contributed by atoms with E-state index in [-0.39, 0.29) is 0 Å². The summed E-state index contributed by atoms with van der Waals surface area (Å²) in [5.74, 6) is 0. The molecule has 0 aliphatic rings. The van der Waals surface area contributed by atoms with Crippen molar-refractivity contribution in [2.75, 3.05) is 0 Å². The van der Waals surface area contributed by atoms with Crippen LogP contribution < -0.4 is 20.7 Å². The van der Waals surface area contributed by atoms with Gasteiger partial charge in [-0.2, -0.15) is 0 Å². The molecule has 9 aromatic carbocycles. The maximum absolute atomic E-state index is 5.44. The van der Waals surface area contributed by atoms with Gasteiger partial charge in [-0.05, 0) is 105 Å². The molecule has 13 rings (SSSR count). The Labute approximate surface area is 475 Å². The minimum atomic E-state index is -1.63. The van der Waals surface area contributed by atoms with Gasteiger partial charge in [0.25, 0.3) is 0 Å². The van der Waals surface area contributed by atoms with Gasteiger partial charge in [0, 0.05) is 62.0 Å². The van der Waals surface area contributed by atoms with Crippen molar-refractivity contribution in [3.05, 3.63) is 207 Å². The van der Waals surface area contributed by atoms with Gasteiger partial charge in [0.1, 0.15) is 0 Å².